The van der Waals surface area contributed by atoms with Gasteiger partial charge in [-0.1, -0.05) is 52.8 Å². The molecule has 0 atom stereocenters. The molecular weight excluding hydrogens is 510 g/mol. The van der Waals surface area contributed by atoms with Crippen molar-refractivity contribution < 1.29 is 26.5 Å². The SMILES string of the molecule is CCCCCCSSCc1c(C)c(OC)cc[n+]1-c1nc2cc3c(cc2[nH]1)C(C)(C)C(=O)C3(C)C.[Cl-]. The molecule has 0 amide bonds. The summed E-state index contributed by atoms with van der Waals surface area (Å²) < 4.78 is 7.77. The van der Waals surface area contributed by atoms with Crippen LogP contribution >= 0.6 is 21.6 Å². The van der Waals surface area contributed by atoms with Gasteiger partial charge in [0.1, 0.15) is 17.0 Å². The number of fused-ring (bicyclic) bond motifs is 2. The van der Waals surface area contributed by atoms with Crippen LogP contribution in [0.2, 0.25) is 0 Å². The molecule has 196 valence electrons. The molecule has 1 aliphatic carbocycles. The second-order valence-electron chi connectivity index (χ2n) is 10.5. The summed E-state index contributed by atoms with van der Waals surface area (Å²) in [7, 11) is 5.56. The van der Waals surface area contributed by atoms with Gasteiger partial charge in [-0.3, -0.25) is 4.79 Å². The third kappa shape index (κ3) is 5.16. The van der Waals surface area contributed by atoms with Gasteiger partial charge in [0.25, 0.3) is 0 Å². The Morgan fingerprint density at radius 3 is 2.42 bits per heavy atom. The Morgan fingerprint density at radius 2 is 1.75 bits per heavy atom. The highest BCUT2D eigenvalue weighted by atomic mass is 35.5. The van der Waals surface area contributed by atoms with Crippen LogP contribution in [0.4, 0.5) is 0 Å². The molecule has 1 N–H and O–H groups in total. The number of ether oxygens (including phenoxy) is 1. The van der Waals surface area contributed by atoms with Crippen molar-refractivity contribution in [3.63, 3.8) is 0 Å². The van der Waals surface area contributed by atoms with Crippen LogP contribution in [0.15, 0.2) is 24.4 Å². The third-order valence-corrected chi connectivity index (χ3v) is 9.73. The number of hydrogen-bond acceptors (Lipinski definition) is 5. The summed E-state index contributed by atoms with van der Waals surface area (Å²) in [5, 5.41) is 0. The molecule has 2 aromatic heterocycles. The highest BCUT2D eigenvalue weighted by Gasteiger charge is 2.50. The number of aromatic nitrogens is 3. The Hall–Kier alpha value is -1.70. The van der Waals surface area contributed by atoms with Gasteiger partial charge in [-0.25, -0.2) is 9.55 Å². The maximum absolute atomic E-state index is 13.1. The molecule has 0 unspecified atom stereocenters. The van der Waals surface area contributed by atoms with Crippen LogP contribution in [0.3, 0.4) is 0 Å². The number of methoxy groups -OCH3 is 1. The van der Waals surface area contributed by atoms with Gasteiger partial charge in [0.2, 0.25) is 0 Å². The molecule has 3 aromatic rings. The summed E-state index contributed by atoms with van der Waals surface area (Å²) in [4.78, 5) is 21.6. The fraction of sp³-hybridized carbons (Fsp3) is 0.536. The zero-order chi connectivity index (χ0) is 25.4. The van der Waals surface area contributed by atoms with Gasteiger partial charge < -0.3 is 17.1 Å². The molecule has 1 aromatic carbocycles. The summed E-state index contributed by atoms with van der Waals surface area (Å²) in [5.41, 5.74) is 5.34. The van der Waals surface area contributed by atoms with Gasteiger partial charge in [-0.15, -0.1) is 0 Å². The van der Waals surface area contributed by atoms with Crippen LogP contribution in [0, 0.1) is 6.92 Å². The lowest BCUT2D eigenvalue weighted by atomic mass is 9.80. The Bertz CT molecular complexity index is 1200. The van der Waals surface area contributed by atoms with Gasteiger partial charge in [0.15, 0.2) is 11.3 Å². The second kappa shape index (κ2) is 11.4. The molecule has 0 spiro atoms. The van der Waals surface area contributed by atoms with E-state index in [0.29, 0.717) is 0 Å². The largest absolute Gasteiger partial charge is 1.00 e. The number of unbranched alkanes of at least 4 members (excludes halogenated alkanes) is 3. The quantitative estimate of drug-likeness (QED) is 0.238. The van der Waals surface area contributed by atoms with Gasteiger partial charge in [0, 0.05) is 28.2 Å². The van der Waals surface area contributed by atoms with Crippen molar-refractivity contribution in [2.24, 2.45) is 0 Å². The Kier molecular flexibility index (Phi) is 9.11. The van der Waals surface area contributed by atoms with E-state index in [2.05, 4.69) is 35.5 Å². The first-order valence-electron chi connectivity index (χ1n) is 12.6. The number of nitrogens with zero attached hydrogens (tertiary/aromatic N) is 2. The number of hydrogen-bond donors (Lipinski definition) is 1. The van der Waals surface area contributed by atoms with Crippen LogP contribution in [-0.4, -0.2) is 28.6 Å². The number of benzene rings is 1. The maximum atomic E-state index is 13.1. The predicted molar refractivity (Wildman–Crippen MR) is 148 cm³/mol. The van der Waals surface area contributed by atoms with Crippen molar-refractivity contribution in [3.05, 3.63) is 46.8 Å². The molecular formula is C28H38ClN3O2S2. The smallest absolute Gasteiger partial charge is 0.402 e. The minimum absolute atomic E-state index is 0. The number of halogens is 1. The zero-order valence-electron chi connectivity index (χ0n) is 22.5. The average Bonchev–Trinajstić information content (AvgIpc) is 3.30. The number of aromatic amines is 1. The molecule has 0 bridgehead atoms. The third-order valence-electron chi connectivity index (χ3n) is 7.37. The average molecular weight is 548 g/mol. The standard InChI is InChI=1S/C28H38N3O2S2.ClH/c1-8-9-10-11-14-34-35-17-23-18(2)24(33-7)12-13-31(23)26-29-21-15-19-20(16-22(21)30-26)28(5,6)25(32)27(19,3)4;/h12-13,15-16H,8-11,14,17H2,1-7H3,(H,29,30);1H/q+1;/p-1. The molecule has 0 radical (unpaired) electrons. The van der Waals surface area contributed by atoms with Crippen LogP contribution in [0.25, 0.3) is 17.0 Å². The lowest BCUT2D eigenvalue weighted by Gasteiger charge is -2.21. The lowest BCUT2D eigenvalue weighted by Crippen LogP contribution is -3.00. The number of carbonyl (C=O) groups is 1. The molecule has 5 nitrogen and oxygen atoms in total. The number of pyridine rings is 1. The van der Waals surface area contributed by atoms with E-state index in [4.69, 9.17) is 9.72 Å². The number of imidazole rings is 1. The van der Waals surface area contributed by atoms with E-state index >= 15 is 0 Å². The van der Waals surface area contributed by atoms with E-state index in [9.17, 15) is 4.79 Å². The fourth-order valence-corrected chi connectivity index (χ4v) is 7.52. The summed E-state index contributed by atoms with van der Waals surface area (Å²) in [6.07, 6.45) is 7.21. The number of carbonyl (C=O) groups excluding carboxylic acids is 1. The minimum atomic E-state index is -0.508. The van der Waals surface area contributed by atoms with Crippen LogP contribution < -0.4 is 21.7 Å². The van der Waals surface area contributed by atoms with Crippen molar-refractivity contribution in [1.29, 1.82) is 0 Å². The van der Waals surface area contributed by atoms with Crippen molar-refractivity contribution in [2.45, 2.75) is 83.8 Å². The lowest BCUT2D eigenvalue weighted by molar-refractivity contribution is -0.610. The second-order valence-corrected chi connectivity index (χ2v) is 13.1. The Balaban J connectivity index is 0.00000361. The summed E-state index contributed by atoms with van der Waals surface area (Å²) >= 11 is 0. The van der Waals surface area contributed by atoms with Crippen molar-refractivity contribution in [1.82, 2.24) is 9.97 Å². The Morgan fingerprint density at radius 1 is 1.06 bits per heavy atom. The molecule has 0 aliphatic heterocycles. The molecule has 36 heavy (non-hydrogen) atoms. The molecule has 0 fully saturated rings. The van der Waals surface area contributed by atoms with Crippen LogP contribution in [-0.2, 0) is 21.4 Å². The van der Waals surface area contributed by atoms with E-state index in [0.717, 1.165) is 45.2 Å². The summed E-state index contributed by atoms with van der Waals surface area (Å²) in [6, 6.07) is 6.24. The fourth-order valence-electron chi connectivity index (χ4n) is 5.24. The van der Waals surface area contributed by atoms with Gasteiger partial charge in [-0.05, 0) is 64.3 Å². The normalized spacial score (nSPS) is 15.7. The number of rotatable bonds is 10. The molecule has 8 heteroatoms. The predicted octanol–water partition coefficient (Wildman–Crippen LogP) is 3.76. The zero-order valence-corrected chi connectivity index (χ0v) is 24.8. The van der Waals surface area contributed by atoms with Gasteiger partial charge in [0.05, 0.1) is 19.1 Å². The maximum Gasteiger partial charge on any atom is 0.402 e. The van der Waals surface area contributed by atoms with Crippen molar-refractivity contribution in [3.8, 4) is 11.7 Å². The number of nitrogens with one attached hydrogen (secondary N) is 1. The minimum Gasteiger partial charge on any atom is -1.00 e. The molecule has 0 saturated carbocycles. The van der Waals surface area contributed by atoms with E-state index in [1.54, 1.807) is 7.11 Å². The topological polar surface area (TPSA) is 58.9 Å². The Labute approximate surface area is 229 Å². The molecule has 1 aliphatic rings. The number of Topliss-reactive ketones (excluding diaryl/α,β-unsaturated/α-hetero) is 1. The number of H-pyrrole nitrogens is 1. The molecule has 0 saturated heterocycles. The highest BCUT2D eigenvalue weighted by Crippen LogP contribution is 2.47. The summed E-state index contributed by atoms with van der Waals surface area (Å²) in [6.45, 7) is 12.5. The molecule has 4 rings (SSSR count). The highest BCUT2D eigenvalue weighted by molar-refractivity contribution is 8.76. The van der Waals surface area contributed by atoms with E-state index < -0.39 is 10.8 Å². The van der Waals surface area contributed by atoms with Crippen molar-refractivity contribution >= 4 is 38.4 Å². The van der Waals surface area contributed by atoms with E-state index in [1.165, 1.54) is 37.1 Å². The first-order valence-corrected chi connectivity index (χ1v) is 15.0. The van der Waals surface area contributed by atoms with Gasteiger partial charge in [-0.2, -0.15) is 0 Å². The monoisotopic (exact) mass is 547 g/mol. The van der Waals surface area contributed by atoms with Crippen LogP contribution in [0.5, 0.6) is 5.75 Å². The van der Waals surface area contributed by atoms with Crippen LogP contribution in [0.1, 0.15) is 82.7 Å². The van der Waals surface area contributed by atoms with E-state index in [1.807, 2.05) is 61.5 Å². The van der Waals surface area contributed by atoms with Crippen molar-refractivity contribution in [2.75, 3.05) is 12.9 Å². The van der Waals surface area contributed by atoms with Gasteiger partial charge >= 0.3 is 5.95 Å². The number of ketones is 1. The first kappa shape index (κ1) is 28.9. The molecule has 2 heterocycles. The van der Waals surface area contributed by atoms with E-state index in [-0.39, 0.29) is 18.2 Å². The summed E-state index contributed by atoms with van der Waals surface area (Å²) in [5.74, 6) is 3.99. The first-order chi connectivity index (χ1) is 16.6.